The van der Waals surface area contributed by atoms with Gasteiger partial charge in [-0.1, -0.05) is 24.2 Å². The summed E-state index contributed by atoms with van der Waals surface area (Å²) >= 11 is 6.12. The number of rotatable bonds is 6. The minimum Gasteiger partial charge on any atom is -0.375 e. The number of hydrogen-bond acceptors (Lipinski definition) is 3. The van der Waals surface area contributed by atoms with E-state index in [0.717, 1.165) is 12.1 Å². The lowest BCUT2D eigenvalue weighted by Gasteiger charge is -2.23. The number of methoxy groups -OCH3 is 1. The maximum Gasteiger partial charge on any atom is 0.252 e. The summed E-state index contributed by atoms with van der Waals surface area (Å²) in [5.74, 6) is -4.68. The van der Waals surface area contributed by atoms with Crippen LogP contribution in [0.15, 0.2) is 48.1 Å². The number of aliphatic imine (C=N–C) groups is 1. The van der Waals surface area contributed by atoms with Crippen LogP contribution in [0.25, 0.3) is 0 Å². The normalized spacial score (nSPS) is 11.3. The predicted molar refractivity (Wildman–Crippen MR) is 105 cm³/mol. The fourth-order valence-electron chi connectivity index (χ4n) is 2.41. The van der Waals surface area contributed by atoms with E-state index < -0.39 is 23.4 Å². The molecule has 2 aromatic carbocycles. The van der Waals surface area contributed by atoms with E-state index in [4.69, 9.17) is 16.3 Å². The third-order valence-electron chi connectivity index (χ3n) is 3.88. The van der Waals surface area contributed by atoms with E-state index in [1.54, 1.807) is 25.1 Å². The van der Waals surface area contributed by atoms with Crippen molar-refractivity contribution in [3.8, 4) is 0 Å². The Hall–Kier alpha value is -2.84. The van der Waals surface area contributed by atoms with Crippen molar-refractivity contribution < 1.29 is 22.7 Å². The molecule has 0 radical (unpaired) electrons. The van der Waals surface area contributed by atoms with Crippen molar-refractivity contribution in [3.63, 3.8) is 0 Å². The summed E-state index contributed by atoms with van der Waals surface area (Å²) in [5, 5.41) is 3.03. The van der Waals surface area contributed by atoms with Gasteiger partial charge in [0.15, 0.2) is 17.5 Å². The van der Waals surface area contributed by atoms with Crippen LogP contribution in [0.2, 0.25) is 5.02 Å². The Labute approximate surface area is 171 Å². The number of nitrogens with zero attached hydrogens (tertiary/aromatic N) is 2. The highest BCUT2D eigenvalue weighted by Crippen LogP contribution is 2.26. The van der Waals surface area contributed by atoms with Gasteiger partial charge in [0.05, 0.1) is 12.2 Å². The molecule has 0 aliphatic carbocycles. The first-order valence-corrected chi connectivity index (χ1v) is 8.79. The molecule has 2 aromatic rings. The van der Waals surface area contributed by atoms with E-state index in [2.05, 4.69) is 16.9 Å². The molecule has 0 aromatic heterocycles. The zero-order valence-corrected chi connectivity index (χ0v) is 16.6. The van der Waals surface area contributed by atoms with E-state index >= 15 is 0 Å². The molecule has 1 amide bonds. The first-order chi connectivity index (χ1) is 13.8. The quantitative estimate of drug-likeness (QED) is 0.422. The molecule has 0 atom stereocenters. The molecule has 0 spiro atoms. The van der Waals surface area contributed by atoms with Gasteiger partial charge < -0.3 is 9.64 Å². The summed E-state index contributed by atoms with van der Waals surface area (Å²) < 4.78 is 45.1. The first-order valence-electron chi connectivity index (χ1n) is 8.42. The van der Waals surface area contributed by atoms with Crippen LogP contribution < -0.4 is 5.32 Å². The largest absolute Gasteiger partial charge is 0.375 e. The Morgan fingerprint density at radius 1 is 1.31 bits per heavy atom. The summed E-state index contributed by atoms with van der Waals surface area (Å²) in [5.41, 5.74) is 1.24. The lowest BCUT2D eigenvalue weighted by molar-refractivity contribution is -0.123. The number of halogens is 4. The van der Waals surface area contributed by atoms with Crippen LogP contribution in [0, 0.1) is 24.4 Å². The van der Waals surface area contributed by atoms with Crippen LogP contribution in [0.1, 0.15) is 11.1 Å². The molecule has 0 bridgehead atoms. The van der Waals surface area contributed by atoms with Crippen molar-refractivity contribution >= 4 is 29.2 Å². The molecule has 0 saturated carbocycles. The maximum atomic E-state index is 13.6. The van der Waals surface area contributed by atoms with Gasteiger partial charge in [-0.3, -0.25) is 10.1 Å². The van der Waals surface area contributed by atoms with Crippen LogP contribution in [-0.4, -0.2) is 30.5 Å². The highest BCUT2D eigenvalue weighted by atomic mass is 35.5. The fourth-order valence-corrected chi connectivity index (χ4v) is 2.58. The Kier molecular flexibility index (Phi) is 7.81. The van der Waals surface area contributed by atoms with Crippen LogP contribution in [0.5, 0.6) is 0 Å². The van der Waals surface area contributed by atoms with Crippen molar-refractivity contribution in [2.45, 2.75) is 13.5 Å². The molecule has 0 aliphatic heterocycles. The Morgan fingerprint density at radius 2 is 1.97 bits per heavy atom. The first kappa shape index (κ1) is 22.4. The Bertz CT molecular complexity index is 928. The lowest BCUT2D eigenvalue weighted by atomic mass is 10.2. The Morgan fingerprint density at radius 3 is 2.55 bits per heavy atom. The molecule has 154 valence electrons. The highest BCUT2D eigenvalue weighted by Gasteiger charge is 2.17. The molecular formula is C20H19ClF3N3O2. The molecule has 5 nitrogen and oxygen atoms in total. The number of carbonyl (C=O) groups excluding carboxylic acids is 1. The van der Waals surface area contributed by atoms with Gasteiger partial charge in [-0.25, -0.2) is 18.2 Å². The smallest absolute Gasteiger partial charge is 0.252 e. The minimum absolute atomic E-state index is 0.0255. The molecular weight excluding hydrogens is 407 g/mol. The van der Waals surface area contributed by atoms with Crippen LogP contribution in [-0.2, 0) is 16.1 Å². The van der Waals surface area contributed by atoms with Crippen molar-refractivity contribution in [2.24, 2.45) is 4.99 Å². The average molecular weight is 426 g/mol. The summed E-state index contributed by atoms with van der Waals surface area (Å²) in [7, 11) is 1.35. The Balaban J connectivity index is 2.44. The monoisotopic (exact) mass is 425 g/mol. The van der Waals surface area contributed by atoms with Gasteiger partial charge in [-0.15, -0.1) is 0 Å². The SMILES string of the molecule is C=CN(Cc1cc(F)c(F)c(F)c1)C(=Nc1cccc(Cl)c1C)NC(=O)COC. The number of benzene rings is 2. The standard InChI is InChI=1S/C20H19ClF3N3O2/c1-4-27(10-13-8-15(22)19(24)16(23)9-13)20(26-18(28)11-29-3)25-17-7-5-6-14(21)12(17)2/h4-9H,1,10-11H2,2-3H3,(H,25,26,28). The number of nitrogens with one attached hydrogen (secondary N) is 1. The molecule has 0 fully saturated rings. The third kappa shape index (κ3) is 5.82. The zero-order chi connectivity index (χ0) is 21.6. The second kappa shape index (κ2) is 10.1. The number of ether oxygens (including phenoxy) is 1. The van der Waals surface area contributed by atoms with Crippen molar-refractivity contribution in [1.29, 1.82) is 0 Å². The van der Waals surface area contributed by atoms with E-state index in [1.165, 1.54) is 18.2 Å². The van der Waals surface area contributed by atoms with Crippen LogP contribution >= 0.6 is 11.6 Å². The van der Waals surface area contributed by atoms with E-state index in [0.29, 0.717) is 16.3 Å². The summed E-state index contributed by atoms with van der Waals surface area (Å²) in [6.45, 7) is 5.03. The average Bonchev–Trinajstić information content (AvgIpc) is 2.67. The molecule has 9 heteroatoms. The topological polar surface area (TPSA) is 53.9 Å². The molecule has 0 unspecified atom stereocenters. The number of guanidine groups is 1. The van der Waals surface area contributed by atoms with Gasteiger partial charge in [-0.2, -0.15) is 0 Å². The van der Waals surface area contributed by atoms with Gasteiger partial charge >= 0.3 is 0 Å². The van der Waals surface area contributed by atoms with Crippen LogP contribution in [0.4, 0.5) is 18.9 Å². The van der Waals surface area contributed by atoms with E-state index in [1.807, 2.05) is 0 Å². The van der Waals surface area contributed by atoms with Gasteiger partial charge in [-0.05, 0) is 42.3 Å². The number of carbonyl (C=O) groups is 1. The van der Waals surface area contributed by atoms with Gasteiger partial charge in [0.25, 0.3) is 5.91 Å². The number of amides is 1. The van der Waals surface area contributed by atoms with Gasteiger partial charge in [0.1, 0.15) is 6.61 Å². The molecule has 29 heavy (non-hydrogen) atoms. The maximum absolute atomic E-state index is 13.6. The molecule has 1 N–H and O–H groups in total. The minimum atomic E-state index is -1.56. The zero-order valence-electron chi connectivity index (χ0n) is 15.8. The fraction of sp³-hybridized carbons (Fsp3) is 0.200. The summed E-state index contributed by atoms with van der Waals surface area (Å²) in [6.07, 6.45) is 1.31. The molecule has 2 rings (SSSR count). The lowest BCUT2D eigenvalue weighted by Crippen LogP contribution is -2.42. The van der Waals surface area contributed by atoms with E-state index in [-0.39, 0.29) is 24.7 Å². The van der Waals surface area contributed by atoms with E-state index in [9.17, 15) is 18.0 Å². The highest BCUT2D eigenvalue weighted by molar-refractivity contribution is 6.31. The third-order valence-corrected chi connectivity index (χ3v) is 4.29. The van der Waals surface area contributed by atoms with Gasteiger partial charge in [0, 0.05) is 18.3 Å². The second-order valence-corrected chi connectivity index (χ2v) is 6.39. The summed E-state index contributed by atoms with van der Waals surface area (Å²) in [6, 6.07) is 6.77. The molecule has 0 saturated heterocycles. The molecule has 0 aliphatic rings. The number of hydrogen-bond donors (Lipinski definition) is 1. The second-order valence-electron chi connectivity index (χ2n) is 5.98. The molecule has 0 heterocycles. The van der Waals surface area contributed by atoms with Gasteiger partial charge in [0.2, 0.25) is 5.96 Å². The van der Waals surface area contributed by atoms with Crippen LogP contribution in [0.3, 0.4) is 0 Å². The predicted octanol–water partition coefficient (Wildman–Crippen LogP) is 4.46. The van der Waals surface area contributed by atoms with Crippen molar-refractivity contribution in [1.82, 2.24) is 10.2 Å². The van der Waals surface area contributed by atoms with Crippen molar-refractivity contribution in [2.75, 3.05) is 13.7 Å². The summed E-state index contributed by atoms with van der Waals surface area (Å²) in [4.78, 5) is 17.8. The van der Waals surface area contributed by atoms with Crippen molar-refractivity contribution in [3.05, 3.63) is 76.7 Å².